The van der Waals surface area contributed by atoms with Crippen LogP contribution in [0.15, 0.2) is 59.4 Å². The predicted octanol–water partition coefficient (Wildman–Crippen LogP) is 3.98. The fourth-order valence-corrected chi connectivity index (χ4v) is 4.31. The Morgan fingerprint density at radius 3 is 2.67 bits per heavy atom. The first-order chi connectivity index (χ1) is 14.6. The molecule has 154 valence electrons. The van der Waals surface area contributed by atoms with Crippen LogP contribution in [0.3, 0.4) is 0 Å². The number of amides is 1. The van der Waals surface area contributed by atoms with Gasteiger partial charge in [-0.3, -0.25) is 9.59 Å². The van der Waals surface area contributed by atoms with Gasteiger partial charge in [-0.25, -0.2) is 0 Å². The van der Waals surface area contributed by atoms with Crippen LogP contribution >= 0.6 is 11.6 Å². The summed E-state index contributed by atoms with van der Waals surface area (Å²) >= 11 is 6.38. The van der Waals surface area contributed by atoms with Gasteiger partial charge in [0.15, 0.2) is 0 Å². The quantitative estimate of drug-likeness (QED) is 0.653. The molecule has 1 heterocycles. The minimum Gasteiger partial charge on any atom is -0.496 e. The lowest BCUT2D eigenvalue weighted by atomic mass is 9.99. The highest BCUT2D eigenvalue weighted by Gasteiger charge is 2.23. The molecule has 1 aliphatic rings. The van der Waals surface area contributed by atoms with E-state index in [-0.39, 0.29) is 18.0 Å². The van der Waals surface area contributed by atoms with Crippen molar-refractivity contribution in [3.8, 4) is 16.9 Å². The second-order valence-electron chi connectivity index (χ2n) is 7.33. The average molecular weight is 423 g/mol. The molecule has 0 saturated heterocycles. The summed E-state index contributed by atoms with van der Waals surface area (Å²) in [6.45, 7) is 0.344. The van der Waals surface area contributed by atoms with Crippen molar-refractivity contribution in [3.63, 3.8) is 0 Å². The average Bonchev–Trinajstić information content (AvgIpc) is 3.24. The van der Waals surface area contributed by atoms with Gasteiger partial charge in [-0.2, -0.15) is 0 Å². The zero-order chi connectivity index (χ0) is 21.1. The lowest BCUT2D eigenvalue weighted by Gasteiger charge is -2.16. The Morgan fingerprint density at radius 2 is 1.87 bits per heavy atom. The van der Waals surface area contributed by atoms with Crippen molar-refractivity contribution in [3.05, 3.63) is 86.8 Å². The van der Waals surface area contributed by atoms with Crippen molar-refractivity contribution in [2.24, 2.45) is 0 Å². The number of hydrogen-bond donors (Lipinski definition) is 1. The van der Waals surface area contributed by atoms with Gasteiger partial charge in [-0.05, 0) is 42.5 Å². The van der Waals surface area contributed by atoms with Crippen molar-refractivity contribution in [1.82, 2.24) is 9.88 Å². The van der Waals surface area contributed by atoms with E-state index in [1.165, 1.54) is 0 Å². The van der Waals surface area contributed by atoms with Crippen molar-refractivity contribution >= 4 is 17.5 Å². The fraction of sp³-hybridized carbons (Fsp3) is 0.250. The maximum absolute atomic E-state index is 12.9. The first-order valence-corrected chi connectivity index (χ1v) is 10.4. The number of fused-ring (bicyclic) bond motifs is 1. The molecule has 1 aromatic heterocycles. The van der Waals surface area contributed by atoms with Crippen LogP contribution in [0.25, 0.3) is 11.1 Å². The van der Waals surface area contributed by atoms with E-state index in [2.05, 4.69) is 5.32 Å². The molecule has 1 aliphatic carbocycles. The molecule has 1 N–H and O–H groups in total. The van der Waals surface area contributed by atoms with Crippen LogP contribution in [-0.4, -0.2) is 17.6 Å². The normalized spacial score (nSPS) is 12.5. The number of carbonyl (C=O) groups excluding carboxylic acids is 1. The molecule has 0 bridgehead atoms. The predicted molar refractivity (Wildman–Crippen MR) is 118 cm³/mol. The standard InChI is InChI=1S/C24H23ClN2O3/c1-30-22-12-5-2-7-16(22)14-26-23(28)15-27-21-11-6-9-18(21)19(13-24(27)29)17-8-3-4-10-20(17)25/h2-5,7-8,10,12-13H,6,9,11,14-15H2,1H3,(H,26,28). The molecule has 0 radical (unpaired) electrons. The first kappa shape index (κ1) is 20.2. The minimum atomic E-state index is -0.206. The second kappa shape index (κ2) is 8.76. The molecule has 0 atom stereocenters. The van der Waals surface area contributed by atoms with Crippen molar-refractivity contribution < 1.29 is 9.53 Å². The van der Waals surface area contributed by atoms with E-state index >= 15 is 0 Å². The Balaban J connectivity index is 1.58. The number of ether oxygens (including phenoxy) is 1. The molecular formula is C24H23ClN2O3. The van der Waals surface area contributed by atoms with Gasteiger partial charge in [0.2, 0.25) is 5.91 Å². The van der Waals surface area contributed by atoms with Crippen LogP contribution in [0.1, 0.15) is 23.2 Å². The van der Waals surface area contributed by atoms with Gasteiger partial charge in [0.25, 0.3) is 5.56 Å². The molecule has 0 spiro atoms. The van der Waals surface area contributed by atoms with Crippen molar-refractivity contribution in [2.75, 3.05) is 7.11 Å². The molecule has 0 aliphatic heterocycles. The highest BCUT2D eigenvalue weighted by molar-refractivity contribution is 6.33. The number of aromatic nitrogens is 1. The van der Waals surface area contributed by atoms with E-state index in [0.717, 1.165) is 53.0 Å². The smallest absolute Gasteiger partial charge is 0.251 e. The topological polar surface area (TPSA) is 60.3 Å². The molecule has 3 aromatic rings. The number of hydrogen-bond acceptors (Lipinski definition) is 3. The Bertz CT molecular complexity index is 1150. The molecule has 0 saturated carbocycles. The molecule has 0 unspecified atom stereocenters. The van der Waals surface area contributed by atoms with Crippen LogP contribution in [0.2, 0.25) is 5.02 Å². The summed E-state index contributed by atoms with van der Waals surface area (Å²) < 4.78 is 6.92. The number of halogens is 1. The van der Waals surface area contributed by atoms with Gasteiger partial charge in [0, 0.05) is 34.5 Å². The summed E-state index contributed by atoms with van der Waals surface area (Å²) in [5.74, 6) is 0.516. The van der Waals surface area contributed by atoms with Crippen LogP contribution in [0, 0.1) is 0 Å². The third kappa shape index (κ3) is 3.98. The fourth-order valence-electron chi connectivity index (χ4n) is 4.07. The molecule has 2 aromatic carbocycles. The van der Waals surface area contributed by atoms with Crippen LogP contribution in [0.4, 0.5) is 0 Å². The van der Waals surface area contributed by atoms with Crippen LogP contribution in [0.5, 0.6) is 5.75 Å². The molecule has 0 fully saturated rings. The van der Waals surface area contributed by atoms with Crippen molar-refractivity contribution in [2.45, 2.75) is 32.4 Å². The highest BCUT2D eigenvalue weighted by Crippen LogP contribution is 2.34. The Hall–Kier alpha value is -3.05. The van der Waals surface area contributed by atoms with Crippen LogP contribution < -0.4 is 15.6 Å². The maximum Gasteiger partial charge on any atom is 0.251 e. The number of rotatable bonds is 6. The minimum absolute atomic E-state index is 0.000875. The highest BCUT2D eigenvalue weighted by atomic mass is 35.5. The van der Waals surface area contributed by atoms with Crippen molar-refractivity contribution in [1.29, 1.82) is 0 Å². The lowest BCUT2D eigenvalue weighted by Crippen LogP contribution is -2.33. The number of methoxy groups -OCH3 is 1. The molecule has 1 amide bonds. The van der Waals surface area contributed by atoms with E-state index in [1.807, 2.05) is 48.5 Å². The number of benzene rings is 2. The second-order valence-corrected chi connectivity index (χ2v) is 7.74. The molecule has 6 heteroatoms. The number of para-hydroxylation sites is 1. The number of nitrogens with one attached hydrogen (secondary N) is 1. The number of nitrogens with zero attached hydrogens (tertiary/aromatic N) is 1. The molecule has 30 heavy (non-hydrogen) atoms. The lowest BCUT2D eigenvalue weighted by molar-refractivity contribution is -0.121. The molecule has 4 rings (SSSR count). The monoisotopic (exact) mass is 422 g/mol. The summed E-state index contributed by atoms with van der Waals surface area (Å²) in [6, 6.07) is 16.7. The summed E-state index contributed by atoms with van der Waals surface area (Å²) in [4.78, 5) is 25.5. The number of pyridine rings is 1. The maximum atomic E-state index is 12.9. The van der Waals surface area contributed by atoms with E-state index in [4.69, 9.17) is 16.3 Å². The molecular weight excluding hydrogens is 400 g/mol. The van der Waals surface area contributed by atoms with E-state index in [0.29, 0.717) is 11.6 Å². The van der Waals surface area contributed by atoms with Gasteiger partial charge in [-0.15, -0.1) is 0 Å². The number of carbonyl (C=O) groups is 1. The largest absolute Gasteiger partial charge is 0.496 e. The Labute approximate surface area is 180 Å². The van der Waals surface area contributed by atoms with E-state index in [9.17, 15) is 9.59 Å². The summed E-state index contributed by atoms with van der Waals surface area (Å²) in [5, 5.41) is 3.52. The summed E-state index contributed by atoms with van der Waals surface area (Å²) in [6.07, 6.45) is 2.61. The zero-order valence-corrected chi connectivity index (χ0v) is 17.5. The third-order valence-electron chi connectivity index (χ3n) is 5.51. The summed E-state index contributed by atoms with van der Waals surface area (Å²) in [5.41, 5.74) is 4.49. The third-order valence-corrected chi connectivity index (χ3v) is 5.84. The van der Waals surface area contributed by atoms with Gasteiger partial charge >= 0.3 is 0 Å². The van der Waals surface area contributed by atoms with Gasteiger partial charge < -0.3 is 14.6 Å². The SMILES string of the molecule is COc1ccccc1CNC(=O)Cn1c2c(c(-c3ccccc3Cl)cc1=O)CCC2. The Kier molecular flexibility index (Phi) is 5.91. The molecule has 5 nitrogen and oxygen atoms in total. The van der Waals surface area contributed by atoms with Gasteiger partial charge in [0.05, 0.1) is 7.11 Å². The van der Waals surface area contributed by atoms with E-state index in [1.54, 1.807) is 17.7 Å². The Morgan fingerprint density at radius 1 is 1.10 bits per heavy atom. The van der Waals surface area contributed by atoms with E-state index < -0.39 is 0 Å². The summed E-state index contributed by atoms with van der Waals surface area (Å²) in [7, 11) is 1.60. The van der Waals surface area contributed by atoms with Gasteiger partial charge in [0.1, 0.15) is 12.3 Å². The zero-order valence-electron chi connectivity index (χ0n) is 16.8. The van der Waals surface area contributed by atoms with Crippen LogP contribution in [-0.2, 0) is 30.7 Å². The first-order valence-electron chi connectivity index (χ1n) is 9.97. The van der Waals surface area contributed by atoms with Gasteiger partial charge in [-0.1, -0.05) is 48.0 Å².